The van der Waals surface area contributed by atoms with E-state index in [4.69, 9.17) is 0 Å². The number of aryl methyl sites for hydroxylation is 1. The molecule has 2 heterocycles. The van der Waals surface area contributed by atoms with Crippen LogP contribution in [0.5, 0.6) is 0 Å². The number of nitrogens with one attached hydrogen (secondary N) is 1. The van der Waals surface area contributed by atoms with Crippen molar-refractivity contribution in [1.82, 2.24) is 19.6 Å². The molecule has 23 heavy (non-hydrogen) atoms. The van der Waals surface area contributed by atoms with Crippen molar-refractivity contribution in [3.8, 4) is 0 Å². The van der Waals surface area contributed by atoms with Crippen molar-refractivity contribution < 1.29 is 9.18 Å². The molecule has 0 atom stereocenters. The molecule has 0 fully saturated rings. The zero-order valence-corrected chi connectivity index (χ0v) is 12.6. The van der Waals surface area contributed by atoms with Crippen LogP contribution in [0.3, 0.4) is 0 Å². The molecule has 0 aliphatic heterocycles. The van der Waals surface area contributed by atoms with Gasteiger partial charge in [-0.05, 0) is 24.6 Å². The quantitative estimate of drug-likeness (QED) is 0.787. The van der Waals surface area contributed by atoms with Crippen molar-refractivity contribution in [3.63, 3.8) is 0 Å². The third-order valence-electron chi connectivity index (χ3n) is 3.34. The molecule has 3 aromatic rings. The summed E-state index contributed by atoms with van der Waals surface area (Å²) in [4.78, 5) is 12.1. The van der Waals surface area contributed by atoms with Crippen LogP contribution in [0.25, 0.3) is 0 Å². The molecule has 0 spiro atoms. The molecule has 0 unspecified atom stereocenters. The highest BCUT2D eigenvalue weighted by Gasteiger charge is 2.10. The molecular formula is C16H16FN5O. The topological polar surface area (TPSA) is 64.7 Å². The van der Waals surface area contributed by atoms with Gasteiger partial charge in [0.05, 0.1) is 18.3 Å². The second-order valence-corrected chi connectivity index (χ2v) is 5.07. The molecule has 7 heteroatoms. The van der Waals surface area contributed by atoms with Gasteiger partial charge in [-0.2, -0.15) is 10.2 Å². The number of halogens is 1. The van der Waals surface area contributed by atoms with Gasteiger partial charge in [0.15, 0.2) is 5.82 Å². The largest absolute Gasteiger partial charge is 0.305 e. The summed E-state index contributed by atoms with van der Waals surface area (Å²) in [6.07, 6.45) is 4.93. The Morgan fingerprint density at radius 1 is 1.30 bits per heavy atom. The molecule has 2 aromatic heterocycles. The fourth-order valence-electron chi connectivity index (χ4n) is 2.18. The lowest BCUT2D eigenvalue weighted by molar-refractivity contribution is 0.102. The van der Waals surface area contributed by atoms with E-state index >= 15 is 0 Å². The molecular weight excluding hydrogens is 297 g/mol. The van der Waals surface area contributed by atoms with Crippen LogP contribution in [0.15, 0.2) is 48.9 Å². The van der Waals surface area contributed by atoms with Gasteiger partial charge in [0.1, 0.15) is 5.82 Å². The number of carbonyl (C=O) groups excluding carboxylic acids is 1. The van der Waals surface area contributed by atoms with E-state index < -0.39 is 0 Å². The predicted molar refractivity (Wildman–Crippen MR) is 83.6 cm³/mol. The van der Waals surface area contributed by atoms with E-state index in [0.29, 0.717) is 24.5 Å². The van der Waals surface area contributed by atoms with E-state index in [0.717, 1.165) is 5.56 Å². The second-order valence-electron chi connectivity index (χ2n) is 5.07. The Bertz CT molecular complexity index is 823. The zero-order valence-electron chi connectivity index (χ0n) is 12.6. The van der Waals surface area contributed by atoms with Gasteiger partial charge in [-0.25, -0.2) is 4.39 Å². The first kappa shape index (κ1) is 15.0. The Hall–Kier alpha value is -2.96. The summed E-state index contributed by atoms with van der Waals surface area (Å²) in [7, 11) is 0. The molecule has 118 valence electrons. The molecule has 0 saturated heterocycles. The Morgan fingerprint density at radius 2 is 2.17 bits per heavy atom. The second kappa shape index (κ2) is 6.43. The number of carbonyl (C=O) groups is 1. The minimum atomic E-state index is -0.281. The molecule has 0 saturated carbocycles. The number of hydrogen-bond acceptors (Lipinski definition) is 3. The summed E-state index contributed by atoms with van der Waals surface area (Å²) >= 11 is 0. The van der Waals surface area contributed by atoms with Crippen molar-refractivity contribution >= 4 is 11.7 Å². The van der Waals surface area contributed by atoms with Crippen molar-refractivity contribution in [2.45, 2.75) is 20.0 Å². The average molecular weight is 313 g/mol. The third kappa shape index (κ3) is 3.63. The fraction of sp³-hybridized carbons (Fsp3) is 0.188. The van der Waals surface area contributed by atoms with Crippen LogP contribution >= 0.6 is 0 Å². The highest BCUT2D eigenvalue weighted by atomic mass is 19.1. The lowest BCUT2D eigenvalue weighted by Crippen LogP contribution is -2.12. The van der Waals surface area contributed by atoms with Crippen molar-refractivity contribution in [1.29, 1.82) is 0 Å². The van der Waals surface area contributed by atoms with Crippen LogP contribution in [0.1, 0.15) is 22.8 Å². The molecule has 1 aromatic carbocycles. The molecule has 3 rings (SSSR count). The first-order chi connectivity index (χ1) is 11.1. The van der Waals surface area contributed by atoms with Gasteiger partial charge in [-0.15, -0.1) is 0 Å². The smallest absolute Gasteiger partial charge is 0.260 e. The standard InChI is InChI=1S/C16H16FN5O/c1-2-21-11-13(9-18-21)16(23)19-15-6-7-22(20-15)10-12-4-3-5-14(17)8-12/h3-9,11H,2,10H2,1H3,(H,19,20,23). The number of nitrogens with zero attached hydrogens (tertiary/aromatic N) is 4. The average Bonchev–Trinajstić information content (AvgIpc) is 3.16. The number of benzene rings is 1. The first-order valence-electron chi connectivity index (χ1n) is 7.26. The van der Waals surface area contributed by atoms with Gasteiger partial charge in [0, 0.05) is 25.0 Å². The Balaban J connectivity index is 1.66. The number of aromatic nitrogens is 4. The highest BCUT2D eigenvalue weighted by molar-refractivity contribution is 6.03. The molecule has 1 amide bonds. The summed E-state index contributed by atoms with van der Waals surface area (Å²) in [5, 5.41) is 11.0. The maximum Gasteiger partial charge on any atom is 0.260 e. The van der Waals surface area contributed by atoms with Crippen molar-refractivity contribution in [3.05, 3.63) is 65.9 Å². The number of hydrogen-bond donors (Lipinski definition) is 1. The highest BCUT2D eigenvalue weighted by Crippen LogP contribution is 2.09. The molecule has 0 bridgehead atoms. The summed E-state index contributed by atoms with van der Waals surface area (Å²) in [5.41, 5.74) is 1.28. The number of anilines is 1. The summed E-state index contributed by atoms with van der Waals surface area (Å²) in [5.74, 6) is -0.104. The van der Waals surface area contributed by atoms with Crippen molar-refractivity contribution in [2.75, 3.05) is 5.32 Å². The van der Waals surface area contributed by atoms with Crippen molar-refractivity contribution in [2.24, 2.45) is 0 Å². The van der Waals surface area contributed by atoms with Crippen LogP contribution in [0, 0.1) is 5.82 Å². The van der Waals surface area contributed by atoms with E-state index in [1.165, 1.54) is 18.3 Å². The molecule has 0 radical (unpaired) electrons. The van der Waals surface area contributed by atoms with Gasteiger partial charge in [-0.1, -0.05) is 12.1 Å². The maximum absolute atomic E-state index is 13.2. The third-order valence-corrected chi connectivity index (χ3v) is 3.34. The minimum Gasteiger partial charge on any atom is -0.305 e. The number of rotatable bonds is 5. The van der Waals surface area contributed by atoms with Crippen LogP contribution < -0.4 is 5.32 Å². The van der Waals surface area contributed by atoms with E-state index in [1.807, 2.05) is 13.0 Å². The van der Waals surface area contributed by atoms with Crippen LogP contribution in [-0.2, 0) is 13.1 Å². The van der Waals surface area contributed by atoms with Gasteiger partial charge < -0.3 is 5.32 Å². The summed E-state index contributed by atoms with van der Waals surface area (Å²) in [6.45, 7) is 3.08. The summed E-state index contributed by atoms with van der Waals surface area (Å²) < 4.78 is 16.5. The zero-order chi connectivity index (χ0) is 16.2. The van der Waals surface area contributed by atoms with E-state index in [2.05, 4.69) is 15.5 Å². The monoisotopic (exact) mass is 313 g/mol. The lowest BCUT2D eigenvalue weighted by atomic mass is 10.2. The molecule has 0 aliphatic carbocycles. The minimum absolute atomic E-state index is 0.263. The normalized spacial score (nSPS) is 10.7. The molecule has 1 N–H and O–H groups in total. The SMILES string of the molecule is CCn1cc(C(=O)Nc2ccn(Cc3cccc(F)c3)n2)cn1. The van der Waals surface area contributed by atoms with Gasteiger partial charge >= 0.3 is 0 Å². The Morgan fingerprint density at radius 3 is 2.91 bits per heavy atom. The summed E-state index contributed by atoms with van der Waals surface area (Å²) in [6, 6.07) is 8.03. The van der Waals surface area contributed by atoms with E-state index in [1.54, 1.807) is 33.9 Å². The van der Waals surface area contributed by atoms with Crippen LogP contribution in [-0.4, -0.2) is 25.5 Å². The Labute approximate surface area is 132 Å². The maximum atomic E-state index is 13.2. The first-order valence-corrected chi connectivity index (χ1v) is 7.26. The van der Waals surface area contributed by atoms with Gasteiger partial charge in [0.2, 0.25) is 0 Å². The van der Waals surface area contributed by atoms with Gasteiger partial charge in [-0.3, -0.25) is 14.2 Å². The lowest BCUT2D eigenvalue weighted by Gasteiger charge is -2.02. The van der Waals surface area contributed by atoms with E-state index in [-0.39, 0.29) is 11.7 Å². The van der Waals surface area contributed by atoms with Crippen LogP contribution in [0.4, 0.5) is 10.2 Å². The fourth-order valence-corrected chi connectivity index (χ4v) is 2.18. The predicted octanol–water partition coefficient (Wildman–Crippen LogP) is 2.54. The van der Waals surface area contributed by atoms with E-state index in [9.17, 15) is 9.18 Å². The van der Waals surface area contributed by atoms with Crippen LogP contribution in [0.2, 0.25) is 0 Å². The Kier molecular flexibility index (Phi) is 4.18. The molecule has 6 nitrogen and oxygen atoms in total. The number of amides is 1. The van der Waals surface area contributed by atoms with Gasteiger partial charge in [0.25, 0.3) is 5.91 Å². The molecule has 0 aliphatic rings.